The van der Waals surface area contributed by atoms with Gasteiger partial charge >= 0.3 is 17.9 Å². The molecule has 396 valence electrons. The fourth-order valence-corrected chi connectivity index (χ4v) is 9.21. The van der Waals surface area contributed by atoms with Gasteiger partial charge in [0.05, 0.1) is 0 Å². The van der Waals surface area contributed by atoms with Crippen LogP contribution in [0.5, 0.6) is 0 Å². The molecule has 0 saturated carbocycles. The summed E-state index contributed by atoms with van der Waals surface area (Å²) in [5.74, 6) is -0.850. The van der Waals surface area contributed by atoms with Crippen molar-refractivity contribution in [1.29, 1.82) is 0 Å². The van der Waals surface area contributed by atoms with Crippen LogP contribution in [0.3, 0.4) is 0 Å². The summed E-state index contributed by atoms with van der Waals surface area (Å²) in [6.45, 7) is 6.66. The van der Waals surface area contributed by atoms with Crippen LogP contribution < -0.4 is 0 Å². The Morgan fingerprint density at radius 3 is 0.746 bits per heavy atom. The van der Waals surface area contributed by atoms with Gasteiger partial charge < -0.3 is 14.2 Å². The van der Waals surface area contributed by atoms with Crippen molar-refractivity contribution in [3.8, 4) is 0 Å². The zero-order valence-electron chi connectivity index (χ0n) is 45.5. The average Bonchev–Trinajstić information content (AvgIpc) is 3.33. The molecule has 0 heterocycles. The van der Waals surface area contributed by atoms with E-state index >= 15 is 0 Å². The molecule has 0 aromatic rings. The standard InChI is InChI=1S/C61H116O6/c1-4-7-10-13-16-18-20-22-24-26-28-30-32-34-36-38-40-42-45-48-51-54-60(63)66-57-58(56-65-59(62)53-50-47-44-15-12-9-6-3)67-61(64)55-52-49-46-43-41-39-37-35-33-31-29-27-25-23-21-19-17-14-11-8-5-2/h26,28,58H,4-25,27,29-57H2,1-3H3/b28-26-. The van der Waals surface area contributed by atoms with Crippen LogP contribution in [0.25, 0.3) is 0 Å². The quantitative estimate of drug-likeness (QED) is 0.0262. The molecule has 0 radical (unpaired) electrons. The number of carbonyl (C=O) groups is 3. The van der Waals surface area contributed by atoms with Gasteiger partial charge in [0.25, 0.3) is 0 Å². The van der Waals surface area contributed by atoms with Gasteiger partial charge in [-0.3, -0.25) is 14.4 Å². The Kier molecular flexibility index (Phi) is 55.2. The fraction of sp³-hybridized carbons (Fsp3) is 0.918. The number of allylic oxidation sites excluding steroid dienone is 2. The minimum absolute atomic E-state index is 0.0658. The molecule has 0 aliphatic carbocycles. The Bertz CT molecular complexity index is 1040. The van der Waals surface area contributed by atoms with E-state index in [0.29, 0.717) is 19.3 Å². The van der Waals surface area contributed by atoms with Crippen molar-refractivity contribution >= 4 is 17.9 Å². The molecule has 6 nitrogen and oxygen atoms in total. The van der Waals surface area contributed by atoms with Crippen LogP contribution in [0.4, 0.5) is 0 Å². The number of hydrogen-bond donors (Lipinski definition) is 0. The second kappa shape index (κ2) is 56.7. The lowest BCUT2D eigenvalue weighted by molar-refractivity contribution is -0.167. The second-order valence-electron chi connectivity index (χ2n) is 20.6. The van der Waals surface area contributed by atoms with Crippen LogP contribution in [-0.2, 0) is 28.6 Å². The van der Waals surface area contributed by atoms with Gasteiger partial charge in [-0.2, -0.15) is 0 Å². The second-order valence-corrected chi connectivity index (χ2v) is 20.6. The van der Waals surface area contributed by atoms with E-state index in [9.17, 15) is 14.4 Å². The number of hydrogen-bond acceptors (Lipinski definition) is 6. The van der Waals surface area contributed by atoms with Crippen molar-refractivity contribution in [2.24, 2.45) is 0 Å². The predicted octanol–water partition coefficient (Wildman–Crippen LogP) is 20.1. The highest BCUT2D eigenvalue weighted by molar-refractivity contribution is 5.71. The molecule has 0 N–H and O–H groups in total. The molecule has 0 aliphatic rings. The summed E-state index contributed by atoms with van der Waals surface area (Å²) in [5, 5.41) is 0. The van der Waals surface area contributed by atoms with Gasteiger partial charge in [0.1, 0.15) is 13.2 Å². The first-order chi connectivity index (χ1) is 33.0. The molecule has 1 unspecified atom stereocenters. The highest BCUT2D eigenvalue weighted by Gasteiger charge is 2.19. The van der Waals surface area contributed by atoms with Crippen molar-refractivity contribution in [3.63, 3.8) is 0 Å². The highest BCUT2D eigenvalue weighted by atomic mass is 16.6. The van der Waals surface area contributed by atoms with Crippen molar-refractivity contribution in [2.45, 2.75) is 348 Å². The maximum Gasteiger partial charge on any atom is 0.306 e. The van der Waals surface area contributed by atoms with Gasteiger partial charge in [0, 0.05) is 19.3 Å². The van der Waals surface area contributed by atoms with E-state index < -0.39 is 6.10 Å². The summed E-state index contributed by atoms with van der Waals surface area (Å²) >= 11 is 0. The lowest BCUT2D eigenvalue weighted by Gasteiger charge is -2.18. The molecule has 6 heteroatoms. The molecular weight excluding hydrogens is 829 g/mol. The third-order valence-corrected chi connectivity index (χ3v) is 13.8. The lowest BCUT2D eigenvalue weighted by Crippen LogP contribution is -2.30. The van der Waals surface area contributed by atoms with Crippen molar-refractivity contribution in [2.75, 3.05) is 13.2 Å². The van der Waals surface area contributed by atoms with Crippen LogP contribution in [0, 0.1) is 0 Å². The Labute approximate surface area is 418 Å². The van der Waals surface area contributed by atoms with Gasteiger partial charge in [-0.05, 0) is 44.9 Å². The minimum atomic E-state index is -0.764. The van der Waals surface area contributed by atoms with Gasteiger partial charge in [-0.15, -0.1) is 0 Å². The number of unbranched alkanes of at least 4 members (excludes halogenated alkanes) is 43. The Morgan fingerprint density at radius 1 is 0.284 bits per heavy atom. The number of carbonyl (C=O) groups excluding carboxylic acids is 3. The maximum absolute atomic E-state index is 12.8. The number of ether oxygens (including phenoxy) is 3. The van der Waals surface area contributed by atoms with E-state index in [0.717, 1.165) is 57.8 Å². The summed E-state index contributed by atoms with van der Waals surface area (Å²) in [7, 11) is 0. The first kappa shape index (κ1) is 65.1. The average molecular weight is 946 g/mol. The van der Waals surface area contributed by atoms with Crippen molar-refractivity contribution in [1.82, 2.24) is 0 Å². The van der Waals surface area contributed by atoms with Gasteiger partial charge in [0.2, 0.25) is 0 Å². The van der Waals surface area contributed by atoms with Gasteiger partial charge in [0.15, 0.2) is 6.10 Å². The van der Waals surface area contributed by atoms with E-state index in [1.54, 1.807) is 0 Å². The molecule has 1 atom stereocenters. The monoisotopic (exact) mass is 945 g/mol. The number of rotatable bonds is 56. The van der Waals surface area contributed by atoms with Crippen molar-refractivity contribution in [3.05, 3.63) is 12.2 Å². The topological polar surface area (TPSA) is 78.9 Å². The summed E-state index contributed by atoms with van der Waals surface area (Å²) in [5.41, 5.74) is 0. The largest absolute Gasteiger partial charge is 0.462 e. The molecule has 0 bridgehead atoms. The summed E-state index contributed by atoms with van der Waals surface area (Å²) < 4.78 is 16.8. The minimum Gasteiger partial charge on any atom is -0.462 e. The third-order valence-electron chi connectivity index (χ3n) is 13.8. The van der Waals surface area contributed by atoms with E-state index in [1.807, 2.05) is 0 Å². The Morgan fingerprint density at radius 2 is 0.493 bits per heavy atom. The molecule has 0 aliphatic heterocycles. The zero-order valence-corrected chi connectivity index (χ0v) is 45.5. The molecule has 67 heavy (non-hydrogen) atoms. The van der Waals surface area contributed by atoms with Crippen LogP contribution in [0.15, 0.2) is 12.2 Å². The summed E-state index contributed by atoms with van der Waals surface area (Å²) in [6, 6.07) is 0. The SMILES string of the molecule is CCCCCCCCCC/C=C\CCCCCCCCCCCC(=O)OCC(COC(=O)CCCCCCCCC)OC(=O)CCCCCCCCCCCCCCCCCCCCCCC. The van der Waals surface area contributed by atoms with Crippen molar-refractivity contribution < 1.29 is 28.6 Å². The van der Waals surface area contributed by atoms with E-state index in [-0.39, 0.29) is 31.1 Å². The third kappa shape index (κ3) is 55.0. The van der Waals surface area contributed by atoms with Gasteiger partial charge in [-0.1, -0.05) is 290 Å². The van der Waals surface area contributed by atoms with Gasteiger partial charge in [-0.25, -0.2) is 0 Å². The van der Waals surface area contributed by atoms with E-state index in [2.05, 4.69) is 32.9 Å². The Balaban J connectivity index is 4.12. The molecule has 0 fully saturated rings. The van der Waals surface area contributed by atoms with Crippen LogP contribution >= 0.6 is 0 Å². The smallest absolute Gasteiger partial charge is 0.306 e. The number of esters is 3. The summed E-state index contributed by atoms with van der Waals surface area (Å²) in [4.78, 5) is 38.0. The van der Waals surface area contributed by atoms with E-state index in [1.165, 1.54) is 244 Å². The summed E-state index contributed by atoms with van der Waals surface area (Å²) in [6.07, 6.45) is 65.2. The maximum atomic E-state index is 12.8. The molecule has 0 spiro atoms. The zero-order chi connectivity index (χ0) is 48.6. The normalized spacial score (nSPS) is 12.0. The first-order valence-corrected chi connectivity index (χ1v) is 30.2. The predicted molar refractivity (Wildman–Crippen MR) is 289 cm³/mol. The van der Waals surface area contributed by atoms with Crippen LogP contribution in [0.2, 0.25) is 0 Å². The van der Waals surface area contributed by atoms with Crippen LogP contribution in [-0.4, -0.2) is 37.2 Å². The molecule has 0 aromatic heterocycles. The lowest BCUT2D eigenvalue weighted by atomic mass is 10.0. The molecule has 0 aromatic carbocycles. The molecule has 0 saturated heterocycles. The van der Waals surface area contributed by atoms with Crippen LogP contribution in [0.1, 0.15) is 342 Å². The first-order valence-electron chi connectivity index (χ1n) is 30.2. The highest BCUT2D eigenvalue weighted by Crippen LogP contribution is 2.17. The molecule has 0 amide bonds. The molecule has 0 rings (SSSR count). The molecular formula is C61H116O6. The fourth-order valence-electron chi connectivity index (χ4n) is 9.21. The van der Waals surface area contributed by atoms with E-state index in [4.69, 9.17) is 14.2 Å². The Hall–Kier alpha value is -1.85.